The van der Waals surface area contributed by atoms with Crippen molar-refractivity contribution in [1.82, 2.24) is 14.1 Å². The monoisotopic (exact) mass is 437 g/mol. The van der Waals surface area contributed by atoms with Crippen molar-refractivity contribution in [2.75, 3.05) is 5.32 Å². The third-order valence-electron chi connectivity index (χ3n) is 4.25. The average molecular weight is 438 g/mol. The van der Waals surface area contributed by atoms with Crippen LogP contribution in [0.3, 0.4) is 0 Å². The first kappa shape index (κ1) is 24.4. The highest BCUT2D eigenvalue weighted by atomic mass is 35.5. The molecule has 0 radical (unpaired) electrons. The minimum atomic E-state index is -0.730. The molecule has 29 heavy (non-hydrogen) atoms. The number of carbonyl (C=O) groups excluding carboxylic acids is 1. The first-order valence-electron chi connectivity index (χ1n) is 8.86. The number of halogens is 2. The summed E-state index contributed by atoms with van der Waals surface area (Å²) >= 11 is 0. The molecule has 2 heterocycles. The highest BCUT2D eigenvalue weighted by molar-refractivity contribution is 5.94. The summed E-state index contributed by atoms with van der Waals surface area (Å²) in [7, 11) is 0. The lowest BCUT2D eigenvalue weighted by molar-refractivity contribution is -0.117. The second-order valence-electron chi connectivity index (χ2n) is 6.36. The molecule has 0 aliphatic heterocycles. The summed E-state index contributed by atoms with van der Waals surface area (Å²) in [4.78, 5) is 28.3. The molecule has 0 fully saturated rings. The highest BCUT2D eigenvalue weighted by Gasteiger charge is 2.16. The standard InChI is InChI=1S/C20H23N5O2.2ClH/c1-2-25-13-16(8-9-19(25)26)23-20(27)18(21)10-17-12-24(14-22-17)11-15-6-4-3-5-7-15;;/h3-9,12-14,18H,2,10-11,21H2,1H3,(H,23,27);2*1H/t18-;;/m0../s1. The van der Waals surface area contributed by atoms with Crippen molar-refractivity contribution < 1.29 is 4.79 Å². The number of pyridine rings is 1. The fraction of sp³-hybridized carbons (Fsp3) is 0.250. The van der Waals surface area contributed by atoms with Crippen LogP contribution in [0.25, 0.3) is 0 Å². The van der Waals surface area contributed by atoms with Crippen molar-refractivity contribution in [3.05, 3.63) is 82.8 Å². The fourth-order valence-electron chi connectivity index (χ4n) is 2.80. The number of hydrogen-bond acceptors (Lipinski definition) is 4. The predicted octanol–water partition coefficient (Wildman–Crippen LogP) is 2.47. The Hall–Kier alpha value is -2.61. The van der Waals surface area contributed by atoms with Gasteiger partial charge in [-0.05, 0) is 18.6 Å². The molecule has 0 saturated carbocycles. The number of benzene rings is 1. The van der Waals surface area contributed by atoms with Crippen molar-refractivity contribution in [1.29, 1.82) is 0 Å². The quantitative estimate of drug-likeness (QED) is 0.593. The first-order valence-corrected chi connectivity index (χ1v) is 8.86. The number of nitrogens with zero attached hydrogens (tertiary/aromatic N) is 3. The summed E-state index contributed by atoms with van der Waals surface area (Å²) < 4.78 is 3.48. The van der Waals surface area contributed by atoms with E-state index in [9.17, 15) is 9.59 Å². The summed E-state index contributed by atoms with van der Waals surface area (Å²) in [6.07, 6.45) is 5.59. The van der Waals surface area contributed by atoms with E-state index in [1.165, 1.54) is 16.2 Å². The zero-order chi connectivity index (χ0) is 19.2. The summed E-state index contributed by atoms with van der Waals surface area (Å²) in [6, 6.07) is 12.3. The minimum absolute atomic E-state index is 0. The van der Waals surface area contributed by atoms with E-state index < -0.39 is 6.04 Å². The molecule has 0 unspecified atom stereocenters. The van der Waals surface area contributed by atoms with Gasteiger partial charge in [-0.3, -0.25) is 9.59 Å². The molecule has 0 saturated heterocycles. The molecule has 2 aromatic heterocycles. The number of rotatable bonds is 7. The van der Waals surface area contributed by atoms with Crippen LogP contribution in [0.4, 0.5) is 5.69 Å². The predicted molar refractivity (Wildman–Crippen MR) is 119 cm³/mol. The normalized spacial score (nSPS) is 11.1. The van der Waals surface area contributed by atoms with Crippen molar-refractivity contribution in [3.8, 4) is 0 Å². The number of carbonyl (C=O) groups is 1. The van der Waals surface area contributed by atoms with Crippen LogP contribution in [0.15, 0.2) is 66.0 Å². The maximum atomic E-state index is 12.3. The average Bonchev–Trinajstić information content (AvgIpc) is 3.10. The van der Waals surface area contributed by atoms with Gasteiger partial charge in [0.05, 0.1) is 23.8 Å². The van der Waals surface area contributed by atoms with Gasteiger partial charge < -0.3 is 20.2 Å². The van der Waals surface area contributed by atoms with E-state index in [1.54, 1.807) is 18.6 Å². The molecule has 1 aromatic carbocycles. The SMILES string of the molecule is CCn1cc(NC(=O)[C@@H](N)Cc2cn(Cc3ccccc3)cn2)ccc1=O.Cl.Cl. The minimum Gasteiger partial charge on any atom is -0.333 e. The Labute approximate surface area is 181 Å². The maximum Gasteiger partial charge on any atom is 0.250 e. The fourth-order valence-corrected chi connectivity index (χ4v) is 2.80. The molecule has 1 atom stereocenters. The molecule has 0 aliphatic carbocycles. The molecule has 3 rings (SSSR count). The van der Waals surface area contributed by atoms with Crippen LogP contribution in [-0.4, -0.2) is 26.1 Å². The lowest BCUT2D eigenvalue weighted by Crippen LogP contribution is -2.37. The lowest BCUT2D eigenvalue weighted by Gasteiger charge is -2.12. The Bertz CT molecular complexity index is 972. The summed E-state index contributed by atoms with van der Waals surface area (Å²) in [5.41, 5.74) is 8.40. The van der Waals surface area contributed by atoms with Crippen LogP contribution >= 0.6 is 24.8 Å². The molecule has 9 heteroatoms. The smallest absolute Gasteiger partial charge is 0.250 e. The van der Waals surface area contributed by atoms with E-state index in [0.29, 0.717) is 25.2 Å². The molecule has 0 bridgehead atoms. The Balaban J connectivity index is 0.00000210. The van der Waals surface area contributed by atoms with Crippen LogP contribution in [0.1, 0.15) is 18.2 Å². The molecular weight excluding hydrogens is 413 g/mol. The Morgan fingerprint density at radius 3 is 2.55 bits per heavy atom. The van der Waals surface area contributed by atoms with Crippen LogP contribution in [0.5, 0.6) is 0 Å². The van der Waals surface area contributed by atoms with E-state index in [2.05, 4.69) is 22.4 Å². The molecule has 7 nitrogen and oxygen atoms in total. The second kappa shape index (κ2) is 11.4. The molecule has 3 N–H and O–H groups in total. The van der Waals surface area contributed by atoms with Crippen molar-refractivity contribution >= 4 is 36.4 Å². The zero-order valence-corrected chi connectivity index (χ0v) is 17.7. The Kier molecular flexibility index (Phi) is 9.61. The van der Waals surface area contributed by atoms with Gasteiger partial charge in [-0.1, -0.05) is 30.3 Å². The number of nitrogens with two attached hydrogens (primary N) is 1. The van der Waals surface area contributed by atoms with Crippen molar-refractivity contribution in [2.24, 2.45) is 5.73 Å². The van der Waals surface area contributed by atoms with Gasteiger partial charge in [-0.15, -0.1) is 24.8 Å². The number of hydrogen-bond donors (Lipinski definition) is 2. The number of anilines is 1. The second-order valence-corrected chi connectivity index (χ2v) is 6.36. The van der Waals surface area contributed by atoms with Gasteiger partial charge in [-0.25, -0.2) is 4.98 Å². The van der Waals surface area contributed by atoms with Gasteiger partial charge in [0.25, 0.3) is 5.56 Å². The van der Waals surface area contributed by atoms with Gasteiger partial charge >= 0.3 is 0 Å². The maximum absolute atomic E-state index is 12.3. The van der Waals surface area contributed by atoms with E-state index in [1.807, 2.05) is 35.9 Å². The largest absolute Gasteiger partial charge is 0.333 e. The summed E-state index contributed by atoms with van der Waals surface area (Å²) in [5, 5.41) is 2.75. The van der Waals surface area contributed by atoms with Gasteiger partial charge in [0, 0.05) is 38.0 Å². The number of nitrogens with one attached hydrogen (secondary N) is 1. The first-order chi connectivity index (χ1) is 13.0. The topological polar surface area (TPSA) is 94.9 Å². The molecule has 1 amide bonds. The van der Waals surface area contributed by atoms with E-state index >= 15 is 0 Å². The molecule has 3 aromatic rings. The lowest BCUT2D eigenvalue weighted by atomic mass is 10.1. The number of imidazole rings is 1. The highest BCUT2D eigenvalue weighted by Crippen LogP contribution is 2.08. The Morgan fingerprint density at radius 1 is 1.14 bits per heavy atom. The summed E-state index contributed by atoms with van der Waals surface area (Å²) in [6.45, 7) is 3.12. The van der Waals surface area contributed by atoms with Crippen LogP contribution in [0, 0.1) is 0 Å². The third kappa shape index (κ3) is 6.74. The third-order valence-corrected chi connectivity index (χ3v) is 4.25. The molecule has 0 spiro atoms. The van der Waals surface area contributed by atoms with E-state index in [0.717, 1.165) is 5.69 Å². The molecule has 156 valence electrons. The van der Waals surface area contributed by atoms with Crippen molar-refractivity contribution in [3.63, 3.8) is 0 Å². The van der Waals surface area contributed by atoms with E-state index in [-0.39, 0.29) is 36.3 Å². The van der Waals surface area contributed by atoms with Crippen molar-refractivity contribution in [2.45, 2.75) is 32.5 Å². The number of amides is 1. The number of aryl methyl sites for hydroxylation is 1. The zero-order valence-electron chi connectivity index (χ0n) is 16.0. The summed E-state index contributed by atoms with van der Waals surface area (Å²) in [5.74, 6) is -0.311. The van der Waals surface area contributed by atoms with Gasteiger partial charge in [0.2, 0.25) is 5.91 Å². The van der Waals surface area contributed by atoms with Crippen LogP contribution in [-0.2, 0) is 24.3 Å². The van der Waals surface area contributed by atoms with Gasteiger partial charge in [0.1, 0.15) is 0 Å². The van der Waals surface area contributed by atoms with Crippen LogP contribution in [0.2, 0.25) is 0 Å². The van der Waals surface area contributed by atoms with Crippen LogP contribution < -0.4 is 16.6 Å². The molecular formula is C20H25Cl2N5O2. The van der Waals surface area contributed by atoms with Gasteiger partial charge in [-0.2, -0.15) is 0 Å². The van der Waals surface area contributed by atoms with Gasteiger partial charge in [0.15, 0.2) is 0 Å². The Morgan fingerprint density at radius 2 is 1.86 bits per heavy atom. The number of aromatic nitrogens is 3. The van der Waals surface area contributed by atoms with E-state index in [4.69, 9.17) is 5.73 Å². The molecule has 0 aliphatic rings.